The highest BCUT2D eigenvalue weighted by Gasteiger charge is 2.37. The number of anilines is 1. The zero-order chi connectivity index (χ0) is 26.0. The molecule has 1 heterocycles. The van der Waals surface area contributed by atoms with Crippen molar-refractivity contribution in [2.24, 2.45) is 0 Å². The van der Waals surface area contributed by atoms with Crippen molar-refractivity contribution in [2.45, 2.75) is 70.7 Å². The fourth-order valence-corrected chi connectivity index (χ4v) is 8.04. The minimum absolute atomic E-state index is 0.101. The Morgan fingerprint density at radius 1 is 0.917 bits per heavy atom. The number of amides is 1. The van der Waals surface area contributed by atoms with Crippen LogP contribution in [0, 0.1) is 27.7 Å². The van der Waals surface area contributed by atoms with E-state index in [-0.39, 0.29) is 18.5 Å². The van der Waals surface area contributed by atoms with Gasteiger partial charge in [0.1, 0.15) is 0 Å². The molecule has 196 valence electrons. The highest BCUT2D eigenvalue weighted by Crippen LogP contribution is 2.32. The standard InChI is InChI=1S/C28H38ClN3O3S/c1-20-16-22(3)28(23(4)17-20)36(34,35)32(25-8-6-5-7-9-25)19-27(33)31-14-12-30(13-15-31)26-18-24(29)11-10-21(26)2/h10-11,16-18,25H,5-9,12-15,19H2,1-4H3. The number of piperazine rings is 1. The van der Waals surface area contributed by atoms with Crippen LogP contribution in [0.15, 0.2) is 35.2 Å². The van der Waals surface area contributed by atoms with Crippen LogP contribution in [-0.4, -0.2) is 62.3 Å². The van der Waals surface area contributed by atoms with Crippen LogP contribution >= 0.6 is 11.6 Å². The van der Waals surface area contributed by atoms with E-state index in [0.717, 1.165) is 60.0 Å². The molecular weight excluding hydrogens is 494 g/mol. The number of benzene rings is 2. The second-order valence-corrected chi connectivity index (χ2v) is 12.6. The van der Waals surface area contributed by atoms with Crippen LogP contribution in [0.5, 0.6) is 0 Å². The quantitative estimate of drug-likeness (QED) is 0.511. The Morgan fingerprint density at radius 3 is 2.14 bits per heavy atom. The van der Waals surface area contributed by atoms with Gasteiger partial charge in [0, 0.05) is 42.9 Å². The fourth-order valence-electron chi connectivity index (χ4n) is 5.82. The molecule has 1 saturated heterocycles. The molecular formula is C28H38ClN3O3S. The van der Waals surface area contributed by atoms with Crippen LogP contribution in [-0.2, 0) is 14.8 Å². The molecule has 36 heavy (non-hydrogen) atoms. The molecule has 0 bridgehead atoms. The number of halogens is 1. The molecule has 0 spiro atoms. The number of hydrogen-bond acceptors (Lipinski definition) is 4. The van der Waals surface area contributed by atoms with E-state index in [1.165, 1.54) is 4.31 Å². The molecule has 1 aliphatic heterocycles. The van der Waals surface area contributed by atoms with Gasteiger partial charge in [-0.05, 0) is 69.4 Å². The lowest BCUT2D eigenvalue weighted by atomic mass is 9.95. The van der Waals surface area contributed by atoms with E-state index in [0.29, 0.717) is 36.1 Å². The maximum atomic E-state index is 14.0. The van der Waals surface area contributed by atoms with Crippen LogP contribution < -0.4 is 4.90 Å². The number of carbonyl (C=O) groups excluding carboxylic acids is 1. The minimum Gasteiger partial charge on any atom is -0.368 e. The molecule has 2 aliphatic rings. The van der Waals surface area contributed by atoms with Crippen LogP contribution in [0.1, 0.15) is 54.4 Å². The molecule has 1 amide bonds. The largest absolute Gasteiger partial charge is 0.368 e. The third-order valence-corrected chi connectivity index (χ3v) is 10.0. The molecule has 8 heteroatoms. The summed E-state index contributed by atoms with van der Waals surface area (Å²) in [6, 6.07) is 9.56. The lowest BCUT2D eigenvalue weighted by Gasteiger charge is -2.39. The second-order valence-electron chi connectivity index (χ2n) is 10.4. The van der Waals surface area contributed by atoms with Gasteiger partial charge in [0.05, 0.1) is 11.4 Å². The lowest BCUT2D eigenvalue weighted by molar-refractivity contribution is -0.132. The van der Waals surface area contributed by atoms with E-state index in [9.17, 15) is 13.2 Å². The number of nitrogens with zero attached hydrogens (tertiary/aromatic N) is 3. The molecule has 6 nitrogen and oxygen atoms in total. The van der Waals surface area contributed by atoms with Crippen LogP contribution in [0.25, 0.3) is 0 Å². The number of rotatable bonds is 6. The van der Waals surface area contributed by atoms with Crippen LogP contribution in [0.3, 0.4) is 0 Å². The normalized spacial score (nSPS) is 17.6. The maximum absolute atomic E-state index is 14.0. The zero-order valence-corrected chi connectivity index (χ0v) is 23.5. The number of sulfonamides is 1. The average molecular weight is 532 g/mol. The Balaban J connectivity index is 1.53. The first-order valence-corrected chi connectivity index (χ1v) is 14.8. The van der Waals surface area contributed by atoms with Crippen molar-refractivity contribution >= 4 is 33.2 Å². The van der Waals surface area contributed by atoms with E-state index in [1.807, 2.05) is 56.0 Å². The van der Waals surface area contributed by atoms with Crippen LogP contribution in [0.4, 0.5) is 5.69 Å². The summed E-state index contributed by atoms with van der Waals surface area (Å²) in [5.74, 6) is -0.117. The summed E-state index contributed by atoms with van der Waals surface area (Å²) in [6.07, 6.45) is 4.71. The number of carbonyl (C=O) groups is 1. The smallest absolute Gasteiger partial charge is 0.244 e. The summed E-state index contributed by atoms with van der Waals surface area (Å²) >= 11 is 6.22. The molecule has 0 unspecified atom stereocenters. The van der Waals surface area contributed by atoms with E-state index in [1.54, 1.807) is 0 Å². The van der Waals surface area contributed by atoms with Crippen molar-refractivity contribution in [2.75, 3.05) is 37.6 Å². The molecule has 0 N–H and O–H groups in total. The minimum atomic E-state index is -3.82. The predicted octanol–water partition coefficient (Wildman–Crippen LogP) is 5.25. The first-order chi connectivity index (χ1) is 17.1. The molecule has 2 aromatic rings. The van der Waals surface area contributed by atoms with Crippen molar-refractivity contribution in [3.8, 4) is 0 Å². The molecule has 1 saturated carbocycles. The van der Waals surface area contributed by atoms with Crippen LogP contribution in [0.2, 0.25) is 5.02 Å². The van der Waals surface area contributed by atoms with Crippen molar-refractivity contribution in [1.29, 1.82) is 0 Å². The molecule has 0 aromatic heterocycles. The maximum Gasteiger partial charge on any atom is 0.244 e. The summed E-state index contributed by atoms with van der Waals surface area (Å²) < 4.78 is 29.6. The van der Waals surface area contributed by atoms with Gasteiger partial charge >= 0.3 is 0 Å². The van der Waals surface area contributed by atoms with E-state index in [4.69, 9.17) is 11.6 Å². The first kappa shape index (κ1) is 27.0. The van der Waals surface area contributed by atoms with Crippen molar-refractivity contribution in [1.82, 2.24) is 9.21 Å². The van der Waals surface area contributed by atoms with Crippen molar-refractivity contribution < 1.29 is 13.2 Å². The van der Waals surface area contributed by atoms with Gasteiger partial charge in [-0.25, -0.2) is 8.42 Å². The molecule has 4 rings (SSSR count). The Morgan fingerprint density at radius 2 is 1.53 bits per heavy atom. The van der Waals surface area contributed by atoms with Gasteiger partial charge in [-0.3, -0.25) is 4.79 Å². The molecule has 1 aliphatic carbocycles. The van der Waals surface area contributed by atoms with E-state index < -0.39 is 10.0 Å². The number of hydrogen-bond donors (Lipinski definition) is 0. The summed E-state index contributed by atoms with van der Waals surface area (Å²) in [6.45, 7) is 10.1. The Labute approximate surface area is 221 Å². The van der Waals surface area contributed by atoms with Gasteiger partial charge in [0.15, 0.2) is 0 Å². The predicted molar refractivity (Wildman–Crippen MR) is 146 cm³/mol. The molecule has 2 fully saturated rings. The van der Waals surface area contributed by atoms with Gasteiger partial charge in [0.2, 0.25) is 15.9 Å². The average Bonchev–Trinajstić information content (AvgIpc) is 2.83. The van der Waals surface area contributed by atoms with Crippen molar-refractivity contribution in [3.63, 3.8) is 0 Å². The highest BCUT2D eigenvalue weighted by atomic mass is 35.5. The monoisotopic (exact) mass is 531 g/mol. The third kappa shape index (κ3) is 5.74. The zero-order valence-electron chi connectivity index (χ0n) is 21.9. The van der Waals surface area contributed by atoms with E-state index in [2.05, 4.69) is 11.8 Å². The van der Waals surface area contributed by atoms with Gasteiger partial charge < -0.3 is 9.80 Å². The molecule has 0 atom stereocenters. The SMILES string of the molecule is Cc1cc(C)c(S(=O)(=O)N(CC(=O)N2CCN(c3cc(Cl)ccc3C)CC2)C2CCCCC2)c(C)c1. The second kappa shape index (κ2) is 11.1. The Bertz CT molecular complexity index is 1190. The highest BCUT2D eigenvalue weighted by molar-refractivity contribution is 7.89. The Hall–Kier alpha value is -2.09. The molecule has 2 aromatic carbocycles. The van der Waals surface area contributed by atoms with Gasteiger partial charge in [-0.2, -0.15) is 4.31 Å². The lowest BCUT2D eigenvalue weighted by Crippen LogP contribution is -2.53. The van der Waals surface area contributed by atoms with Gasteiger partial charge in [0.25, 0.3) is 0 Å². The molecule has 0 radical (unpaired) electrons. The summed E-state index contributed by atoms with van der Waals surface area (Å²) in [4.78, 5) is 17.9. The topological polar surface area (TPSA) is 60.9 Å². The van der Waals surface area contributed by atoms with Gasteiger partial charge in [-0.1, -0.05) is 54.6 Å². The first-order valence-electron chi connectivity index (χ1n) is 13.0. The number of aryl methyl sites for hydroxylation is 4. The van der Waals surface area contributed by atoms with Crippen molar-refractivity contribution in [3.05, 3.63) is 57.6 Å². The fraction of sp³-hybridized carbons (Fsp3) is 0.536. The van der Waals surface area contributed by atoms with Gasteiger partial charge in [-0.15, -0.1) is 0 Å². The third-order valence-electron chi connectivity index (χ3n) is 7.59. The summed E-state index contributed by atoms with van der Waals surface area (Å²) in [5, 5.41) is 0.698. The summed E-state index contributed by atoms with van der Waals surface area (Å²) in [5.41, 5.74) is 4.76. The van der Waals surface area contributed by atoms with E-state index >= 15 is 0 Å². The Kier molecular flexibility index (Phi) is 8.32. The summed E-state index contributed by atoms with van der Waals surface area (Å²) in [7, 11) is -3.82.